The van der Waals surface area contributed by atoms with E-state index in [4.69, 9.17) is 22.4 Å². The number of likely N-dealkylation sites (N-methyl/N-ethyl adjacent to an activating group) is 2. The van der Waals surface area contributed by atoms with Crippen molar-refractivity contribution >= 4 is 64.7 Å². The molecule has 0 fully saturated rings. The second kappa shape index (κ2) is 36.0. The van der Waals surface area contributed by atoms with Gasteiger partial charge in [-0.15, -0.1) is 0 Å². The topological polar surface area (TPSA) is 296 Å². The van der Waals surface area contributed by atoms with Crippen molar-refractivity contribution in [3.63, 3.8) is 0 Å². The fourth-order valence-electron chi connectivity index (χ4n) is 7.46. The van der Waals surface area contributed by atoms with Crippen LogP contribution in [0.4, 0.5) is 4.79 Å². The quantitative estimate of drug-likeness (QED) is 0.0336. The van der Waals surface area contributed by atoms with Gasteiger partial charge in [-0.3, -0.25) is 33.7 Å². The molecule has 0 spiro atoms. The van der Waals surface area contributed by atoms with Gasteiger partial charge in [-0.2, -0.15) is 0 Å². The summed E-state index contributed by atoms with van der Waals surface area (Å²) in [5, 5.41) is 56.2. The number of carbonyl (C=O) groups excluding carboxylic acids is 3. The number of benzene rings is 1. The number of aliphatic carboxylic acids is 5. The van der Waals surface area contributed by atoms with Crippen molar-refractivity contribution in [3.05, 3.63) is 35.4 Å². The number of hydrogen-bond acceptors (Lipinski definition) is 13. The third-order valence-corrected chi connectivity index (χ3v) is 11.6. The molecule has 21 heteroatoms. The molecule has 0 heterocycles. The van der Waals surface area contributed by atoms with E-state index in [1.54, 1.807) is 0 Å². The third kappa shape index (κ3) is 31.0. The Morgan fingerprint density at radius 2 is 1.28 bits per heavy atom. The van der Waals surface area contributed by atoms with E-state index in [-0.39, 0.29) is 70.6 Å². The van der Waals surface area contributed by atoms with Crippen molar-refractivity contribution in [1.29, 1.82) is 0 Å². The van der Waals surface area contributed by atoms with Gasteiger partial charge in [-0.1, -0.05) is 62.7 Å². The number of nitrogens with one attached hydrogen (secondary N) is 4. The average molecular weight is 980 g/mol. The molecule has 1 unspecified atom stereocenters. The summed E-state index contributed by atoms with van der Waals surface area (Å²) in [5.41, 5.74) is 2.22. The Kier molecular flexibility index (Phi) is 32.2. The summed E-state index contributed by atoms with van der Waals surface area (Å²) in [5.74, 6) is -7.09. The molecule has 0 aliphatic heterocycles. The van der Waals surface area contributed by atoms with Crippen LogP contribution >= 0.6 is 12.2 Å². The molecule has 20 nitrogen and oxygen atoms in total. The van der Waals surface area contributed by atoms with Gasteiger partial charge in [-0.05, 0) is 88.0 Å². The predicted octanol–water partition coefficient (Wildman–Crippen LogP) is 3.14. The molecule has 0 aliphatic rings. The highest BCUT2D eigenvalue weighted by Crippen LogP contribution is 2.17. The minimum Gasteiger partial charge on any atom is -0.481 e. The lowest BCUT2D eigenvalue weighted by atomic mass is 9.93. The van der Waals surface area contributed by atoms with E-state index in [0.717, 1.165) is 67.6 Å². The third-order valence-electron chi connectivity index (χ3n) is 11.2. The van der Waals surface area contributed by atoms with Crippen molar-refractivity contribution in [2.75, 3.05) is 79.5 Å². The molecule has 0 saturated carbocycles. The molecule has 9 N–H and O–H groups in total. The van der Waals surface area contributed by atoms with Gasteiger partial charge in [0.25, 0.3) is 0 Å². The van der Waals surface area contributed by atoms with Crippen LogP contribution in [0.3, 0.4) is 0 Å². The number of hydrogen-bond donors (Lipinski definition) is 9. The molecular weight excluding hydrogens is 903 g/mol. The van der Waals surface area contributed by atoms with Gasteiger partial charge >= 0.3 is 35.9 Å². The van der Waals surface area contributed by atoms with E-state index in [1.807, 2.05) is 25.9 Å². The number of thiocarbonyl (C=S) groups is 1. The minimum atomic E-state index is -1.40. The van der Waals surface area contributed by atoms with Gasteiger partial charge < -0.3 is 56.6 Å². The summed E-state index contributed by atoms with van der Waals surface area (Å²) in [6, 6.07) is 6.11. The van der Waals surface area contributed by atoms with E-state index in [9.17, 15) is 53.7 Å². The Morgan fingerprint density at radius 1 is 0.647 bits per heavy atom. The van der Waals surface area contributed by atoms with E-state index in [1.165, 1.54) is 0 Å². The van der Waals surface area contributed by atoms with Gasteiger partial charge in [-0.25, -0.2) is 9.59 Å². The maximum atomic E-state index is 13.0. The second-order valence-electron chi connectivity index (χ2n) is 17.4. The zero-order valence-electron chi connectivity index (χ0n) is 40.2. The van der Waals surface area contributed by atoms with Gasteiger partial charge in [0.2, 0.25) is 5.91 Å². The number of ketones is 1. The smallest absolute Gasteiger partial charge is 0.326 e. The Labute approximate surface area is 405 Å². The Morgan fingerprint density at radius 3 is 1.91 bits per heavy atom. The highest BCUT2D eigenvalue weighted by molar-refractivity contribution is 7.80. The average Bonchev–Trinajstić information content (AvgIpc) is 3.26. The number of carboxylic acid groups (broad SMARTS) is 5. The first-order valence-electron chi connectivity index (χ1n) is 23.6. The van der Waals surface area contributed by atoms with Crippen molar-refractivity contribution in [2.24, 2.45) is 5.92 Å². The molecule has 384 valence electrons. The summed E-state index contributed by atoms with van der Waals surface area (Å²) < 4.78 is 0. The number of rotatable bonds is 42. The normalized spacial score (nSPS) is 12.6. The summed E-state index contributed by atoms with van der Waals surface area (Å²) in [6.45, 7) is 6.46. The lowest BCUT2D eigenvalue weighted by Crippen LogP contribution is -2.48. The zero-order valence-corrected chi connectivity index (χ0v) is 41.0. The van der Waals surface area contributed by atoms with Crippen LogP contribution in [0.25, 0.3) is 0 Å². The van der Waals surface area contributed by atoms with Crippen LogP contribution < -0.4 is 21.3 Å². The largest absolute Gasteiger partial charge is 0.481 e. The summed E-state index contributed by atoms with van der Waals surface area (Å²) in [7, 11) is 4.02. The second-order valence-corrected chi connectivity index (χ2v) is 18.0. The molecule has 3 amide bonds. The number of nitrogens with zero attached hydrogens (tertiary/aromatic N) is 3. The summed E-state index contributed by atoms with van der Waals surface area (Å²) in [4.78, 5) is 101. The molecule has 0 aromatic heterocycles. The first-order valence-corrected chi connectivity index (χ1v) is 24.0. The molecule has 1 aromatic carbocycles. The van der Waals surface area contributed by atoms with E-state index in [2.05, 4.69) is 55.3 Å². The van der Waals surface area contributed by atoms with Crippen molar-refractivity contribution in [2.45, 2.75) is 122 Å². The van der Waals surface area contributed by atoms with Gasteiger partial charge in [0, 0.05) is 89.9 Å². The van der Waals surface area contributed by atoms with Crippen LogP contribution in [0, 0.1) is 5.92 Å². The molecule has 68 heavy (non-hydrogen) atoms. The monoisotopic (exact) mass is 980 g/mol. The predicted molar refractivity (Wildman–Crippen MR) is 260 cm³/mol. The SMILES string of the molecule is CCCN(CC(=O)O)C(Cc1ccc(CC(=S)CCCCCCCNC(=O)[C@H](CCC(=O)O)CC(=O)CC[C@H](NC(=O)NCCCC(=O)O)C(=O)O)cc1)CN(C)CCN(C)CCNCC(=O)O. The number of carbonyl (C=O) groups is 8. The van der Waals surface area contributed by atoms with Gasteiger partial charge in [0.05, 0.1) is 13.1 Å². The highest BCUT2D eigenvalue weighted by atomic mass is 32.1. The zero-order chi connectivity index (χ0) is 50.9. The summed E-state index contributed by atoms with van der Waals surface area (Å²) in [6.07, 6.45) is 6.08. The summed E-state index contributed by atoms with van der Waals surface area (Å²) >= 11 is 5.73. The Bertz CT molecular complexity index is 1740. The fourth-order valence-corrected chi connectivity index (χ4v) is 7.77. The van der Waals surface area contributed by atoms with Crippen molar-refractivity contribution in [3.8, 4) is 0 Å². The number of amides is 3. The lowest BCUT2D eigenvalue weighted by Gasteiger charge is -2.34. The minimum absolute atomic E-state index is 0.0144. The van der Waals surface area contributed by atoms with Crippen LogP contribution in [0.1, 0.15) is 108 Å². The molecule has 0 aliphatic carbocycles. The maximum Gasteiger partial charge on any atom is 0.326 e. The number of urea groups is 1. The first kappa shape index (κ1) is 60.9. The first-order chi connectivity index (χ1) is 32.3. The van der Waals surface area contributed by atoms with Crippen LogP contribution in [-0.2, 0) is 46.4 Å². The molecule has 1 rings (SSSR count). The van der Waals surface area contributed by atoms with Crippen LogP contribution in [0.5, 0.6) is 0 Å². The number of carboxylic acids is 5. The van der Waals surface area contributed by atoms with Crippen LogP contribution in [-0.4, -0.2) is 184 Å². The maximum absolute atomic E-state index is 13.0. The van der Waals surface area contributed by atoms with Gasteiger partial charge in [0.15, 0.2) is 0 Å². The Hall–Kier alpha value is -5.09. The standard InChI is InChI=1S/C47H77N7O13S/c1-4-24-54(33-44(62)63)37(32-53(3)27-26-52(2)25-23-48-31-43(60)61)28-34-13-15-35(16-14-34)29-39(68)11-8-6-5-7-9-21-49-45(64)36(17-20-42(58)59)30-38(55)18-19-40(46(65)66)51-47(67)50-22-10-12-41(56)57/h13-16,36-37,40,48H,4-12,17-33H2,1-3H3,(H,49,64)(H,56,57)(H,58,59)(H,60,61)(H,62,63)(H,65,66)(H2,50,51,67)/t36-,37?,40+/m1/s1. The van der Waals surface area contributed by atoms with Crippen LogP contribution in [0.2, 0.25) is 0 Å². The molecule has 0 bridgehead atoms. The van der Waals surface area contributed by atoms with E-state index >= 15 is 0 Å². The fraction of sp³-hybridized carbons (Fsp3) is 0.681. The molecular formula is C47H77N7O13S. The van der Waals surface area contributed by atoms with E-state index in [0.29, 0.717) is 52.0 Å². The van der Waals surface area contributed by atoms with Crippen LogP contribution in [0.15, 0.2) is 24.3 Å². The molecule has 3 atom stereocenters. The van der Waals surface area contributed by atoms with Crippen molar-refractivity contribution < 1.29 is 63.9 Å². The molecule has 1 aromatic rings. The Balaban J connectivity index is 2.55. The molecule has 0 radical (unpaired) electrons. The highest BCUT2D eigenvalue weighted by Gasteiger charge is 2.26. The molecule has 0 saturated heterocycles. The van der Waals surface area contributed by atoms with Crippen molar-refractivity contribution in [1.82, 2.24) is 36.0 Å². The van der Waals surface area contributed by atoms with Gasteiger partial charge in [0.1, 0.15) is 11.8 Å². The number of unbranched alkanes of at least 4 members (excludes halogenated alkanes) is 4. The van der Waals surface area contributed by atoms with E-state index < -0.39 is 59.5 Å². The lowest BCUT2D eigenvalue weighted by molar-refractivity contribution is -0.140. The number of Topliss-reactive ketones (excluding diaryl/α,β-unsaturated/α-hetero) is 1.